The Labute approximate surface area is 117 Å². The number of hydrogen-bond acceptors (Lipinski definition) is 3. The average molecular weight is 271 g/mol. The van der Waals surface area contributed by atoms with E-state index >= 15 is 0 Å². The Morgan fingerprint density at radius 1 is 1.20 bits per heavy atom. The molecule has 2 unspecified atom stereocenters. The standard InChI is InChI=1S/C16H17NO3/c18-12-7-10-5-6-11(8-12)17(10)16(19)14-9-20-15-4-2-1-3-13(14)15/h1-4,9-12,18H,5-8H2. The third-order valence-corrected chi connectivity index (χ3v) is 4.65. The first-order chi connectivity index (χ1) is 9.74. The van der Waals surface area contributed by atoms with Crippen LogP contribution in [0.15, 0.2) is 34.9 Å². The van der Waals surface area contributed by atoms with Crippen LogP contribution in [0.1, 0.15) is 36.0 Å². The average Bonchev–Trinajstić information content (AvgIpc) is 2.98. The van der Waals surface area contributed by atoms with Gasteiger partial charge in [0, 0.05) is 17.5 Å². The molecule has 20 heavy (non-hydrogen) atoms. The summed E-state index contributed by atoms with van der Waals surface area (Å²) < 4.78 is 5.48. The fraction of sp³-hybridized carbons (Fsp3) is 0.438. The fourth-order valence-corrected chi connectivity index (χ4v) is 3.76. The molecular weight excluding hydrogens is 254 g/mol. The van der Waals surface area contributed by atoms with Gasteiger partial charge < -0.3 is 14.4 Å². The molecule has 104 valence electrons. The number of nitrogens with zero attached hydrogens (tertiary/aromatic N) is 1. The zero-order valence-corrected chi connectivity index (χ0v) is 11.2. The van der Waals surface area contributed by atoms with Crippen LogP contribution in [0.4, 0.5) is 0 Å². The third-order valence-electron chi connectivity index (χ3n) is 4.65. The van der Waals surface area contributed by atoms with E-state index in [1.54, 1.807) is 6.26 Å². The van der Waals surface area contributed by atoms with E-state index in [9.17, 15) is 9.90 Å². The second kappa shape index (κ2) is 4.35. The summed E-state index contributed by atoms with van der Waals surface area (Å²) >= 11 is 0. The molecule has 4 heteroatoms. The van der Waals surface area contributed by atoms with E-state index in [-0.39, 0.29) is 24.1 Å². The van der Waals surface area contributed by atoms with E-state index in [0.29, 0.717) is 18.4 Å². The zero-order valence-electron chi connectivity index (χ0n) is 11.2. The van der Waals surface area contributed by atoms with Crippen molar-refractivity contribution >= 4 is 16.9 Å². The number of rotatable bonds is 1. The number of para-hydroxylation sites is 1. The van der Waals surface area contributed by atoms with Gasteiger partial charge in [-0.15, -0.1) is 0 Å². The first-order valence-corrected chi connectivity index (χ1v) is 7.21. The van der Waals surface area contributed by atoms with Gasteiger partial charge in [-0.3, -0.25) is 4.79 Å². The molecule has 1 amide bonds. The smallest absolute Gasteiger partial charge is 0.258 e. The van der Waals surface area contributed by atoms with Gasteiger partial charge in [0.15, 0.2) is 0 Å². The van der Waals surface area contributed by atoms with Crippen molar-refractivity contribution in [3.8, 4) is 0 Å². The van der Waals surface area contributed by atoms with Crippen LogP contribution >= 0.6 is 0 Å². The highest BCUT2D eigenvalue weighted by molar-refractivity contribution is 6.06. The molecule has 2 fully saturated rings. The van der Waals surface area contributed by atoms with Crippen molar-refractivity contribution in [2.45, 2.75) is 43.9 Å². The van der Waals surface area contributed by atoms with Gasteiger partial charge in [-0.1, -0.05) is 18.2 Å². The van der Waals surface area contributed by atoms with Crippen LogP contribution < -0.4 is 0 Å². The van der Waals surface area contributed by atoms with E-state index in [0.717, 1.165) is 23.8 Å². The summed E-state index contributed by atoms with van der Waals surface area (Å²) in [5.74, 6) is 0.0503. The summed E-state index contributed by atoms with van der Waals surface area (Å²) in [5.41, 5.74) is 1.40. The molecule has 4 rings (SSSR count). The minimum atomic E-state index is -0.252. The Balaban J connectivity index is 1.71. The number of carbonyl (C=O) groups excluding carboxylic acids is 1. The van der Waals surface area contributed by atoms with Gasteiger partial charge in [0.05, 0.1) is 11.7 Å². The summed E-state index contributed by atoms with van der Waals surface area (Å²) in [5, 5.41) is 10.7. The lowest BCUT2D eigenvalue weighted by Gasteiger charge is -2.37. The molecule has 0 aliphatic carbocycles. The number of furan rings is 1. The van der Waals surface area contributed by atoms with Crippen molar-refractivity contribution in [2.24, 2.45) is 0 Å². The summed E-state index contributed by atoms with van der Waals surface area (Å²) in [6, 6.07) is 7.99. The monoisotopic (exact) mass is 271 g/mol. The first-order valence-electron chi connectivity index (χ1n) is 7.21. The number of amides is 1. The Morgan fingerprint density at radius 2 is 1.90 bits per heavy atom. The Hall–Kier alpha value is -1.81. The van der Waals surface area contributed by atoms with Crippen LogP contribution in [-0.4, -0.2) is 34.1 Å². The molecule has 2 saturated heterocycles. The maximum atomic E-state index is 12.8. The topological polar surface area (TPSA) is 53.7 Å². The normalized spacial score (nSPS) is 29.1. The molecule has 4 nitrogen and oxygen atoms in total. The van der Waals surface area contributed by atoms with Crippen LogP contribution in [0, 0.1) is 0 Å². The van der Waals surface area contributed by atoms with Crippen LogP contribution in [0.2, 0.25) is 0 Å². The van der Waals surface area contributed by atoms with Gasteiger partial charge in [-0.05, 0) is 31.7 Å². The minimum absolute atomic E-state index is 0.0503. The first kappa shape index (κ1) is 12.0. The van der Waals surface area contributed by atoms with Crippen LogP contribution in [0.5, 0.6) is 0 Å². The highest BCUT2D eigenvalue weighted by Crippen LogP contribution is 2.37. The number of fused-ring (bicyclic) bond motifs is 3. The molecule has 0 spiro atoms. The molecule has 1 aromatic heterocycles. The van der Waals surface area contributed by atoms with E-state index in [1.807, 2.05) is 29.2 Å². The number of aliphatic hydroxyl groups excluding tert-OH is 1. The van der Waals surface area contributed by atoms with Crippen LogP contribution in [0.3, 0.4) is 0 Å². The molecule has 0 saturated carbocycles. The Kier molecular flexibility index (Phi) is 2.60. The van der Waals surface area contributed by atoms with Gasteiger partial charge in [-0.2, -0.15) is 0 Å². The van der Waals surface area contributed by atoms with Gasteiger partial charge in [0.25, 0.3) is 5.91 Å². The summed E-state index contributed by atoms with van der Waals surface area (Å²) in [4.78, 5) is 14.8. The van der Waals surface area contributed by atoms with Crippen molar-refractivity contribution in [3.63, 3.8) is 0 Å². The maximum Gasteiger partial charge on any atom is 0.258 e. The van der Waals surface area contributed by atoms with Gasteiger partial charge >= 0.3 is 0 Å². The summed E-state index contributed by atoms with van der Waals surface area (Å²) in [6.07, 6.45) is 4.73. The minimum Gasteiger partial charge on any atom is -0.463 e. The van der Waals surface area contributed by atoms with Gasteiger partial charge in [0.1, 0.15) is 11.8 Å². The summed E-state index contributed by atoms with van der Waals surface area (Å²) in [6.45, 7) is 0. The highest BCUT2D eigenvalue weighted by Gasteiger charge is 2.43. The number of carbonyl (C=O) groups is 1. The predicted octanol–water partition coefficient (Wildman–Crippen LogP) is 2.56. The fourth-order valence-electron chi connectivity index (χ4n) is 3.76. The quantitative estimate of drug-likeness (QED) is 0.867. The van der Waals surface area contributed by atoms with E-state index in [1.165, 1.54) is 0 Å². The van der Waals surface area contributed by atoms with Crippen molar-refractivity contribution in [3.05, 3.63) is 36.1 Å². The molecule has 3 heterocycles. The van der Waals surface area contributed by atoms with E-state index in [2.05, 4.69) is 0 Å². The lowest BCUT2D eigenvalue weighted by Crippen LogP contribution is -2.47. The number of aliphatic hydroxyl groups is 1. The van der Waals surface area contributed by atoms with E-state index < -0.39 is 0 Å². The van der Waals surface area contributed by atoms with Crippen molar-refractivity contribution < 1.29 is 14.3 Å². The Morgan fingerprint density at radius 3 is 2.65 bits per heavy atom. The van der Waals surface area contributed by atoms with Gasteiger partial charge in [-0.25, -0.2) is 0 Å². The number of hydrogen-bond donors (Lipinski definition) is 1. The van der Waals surface area contributed by atoms with Crippen molar-refractivity contribution in [1.29, 1.82) is 0 Å². The lowest BCUT2D eigenvalue weighted by atomic mass is 9.98. The third kappa shape index (κ3) is 1.68. The van der Waals surface area contributed by atoms with Crippen molar-refractivity contribution in [1.82, 2.24) is 4.90 Å². The molecule has 2 aromatic rings. The maximum absolute atomic E-state index is 12.8. The number of benzene rings is 1. The predicted molar refractivity (Wildman–Crippen MR) is 74.4 cm³/mol. The largest absolute Gasteiger partial charge is 0.463 e. The molecule has 0 radical (unpaired) electrons. The van der Waals surface area contributed by atoms with Crippen LogP contribution in [0.25, 0.3) is 11.0 Å². The molecule has 2 aliphatic rings. The SMILES string of the molecule is O=C(c1coc2ccccc12)N1C2CCC1CC(O)C2. The number of piperidine rings is 1. The zero-order chi connectivity index (χ0) is 13.7. The molecule has 1 aromatic carbocycles. The second-order valence-electron chi connectivity index (χ2n) is 5.87. The molecule has 1 N–H and O–H groups in total. The Bertz CT molecular complexity index is 649. The molecule has 2 atom stereocenters. The van der Waals surface area contributed by atoms with Gasteiger partial charge in [0.2, 0.25) is 0 Å². The van der Waals surface area contributed by atoms with Crippen LogP contribution in [-0.2, 0) is 0 Å². The molecule has 2 aliphatic heterocycles. The summed E-state index contributed by atoms with van der Waals surface area (Å²) in [7, 11) is 0. The molecule has 2 bridgehead atoms. The van der Waals surface area contributed by atoms with Crippen molar-refractivity contribution in [2.75, 3.05) is 0 Å². The van der Waals surface area contributed by atoms with E-state index in [4.69, 9.17) is 4.42 Å². The molecular formula is C16H17NO3. The highest BCUT2D eigenvalue weighted by atomic mass is 16.3. The lowest BCUT2D eigenvalue weighted by molar-refractivity contribution is 0.0288. The second-order valence-corrected chi connectivity index (χ2v) is 5.87.